The lowest BCUT2D eigenvalue weighted by Crippen LogP contribution is -2.38. The number of hydrogen-bond donors (Lipinski definition) is 1. The van der Waals surface area contributed by atoms with Crippen molar-refractivity contribution in [3.63, 3.8) is 0 Å². The second-order valence-corrected chi connectivity index (χ2v) is 7.27. The van der Waals surface area contributed by atoms with Gasteiger partial charge in [-0.2, -0.15) is 4.98 Å². The van der Waals surface area contributed by atoms with Gasteiger partial charge in [0.15, 0.2) is 17.1 Å². The van der Waals surface area contributed by atoms with Crippen molar-refractivity contribution in [2.45, 2.75) is 25.4 Å². The van der Waals surface area contributed by atoms with Gasteiger partial charge < -0.3 is 19.2 Å². The zero-order valence-corrected chi connectivity index (χ0v) is 16.8. The fourth-order valence-corrected chi connectivity index (χ4v) is 3.68. The zero-order chi connectivity index (χ0) is 20.1. The van der Waals surface area contributed by atoms with Crippen molar-refractivity contribution in [2.24, 2.45) is 0 Å². The molecule has 6 nitrogen and oxygen atoms in total. The maximum Gasteiger partial charge on any atom is 0.295 e. The van der Waals surface area contributed by atoms with Crippen LogP contribution in [0.3, 0.4) is 0 Å². The van der Waals surface area contributed by atoms with Crippen molar-refractivity contribution in [2.75, 3.05) is 32.1 Å². The Hall–Kier alpha value is -2.99. The molecule has 0 bridgehead atoms. The Morgan fingerprint density at radius 2 is 2.03 bits per heavy atom. The van der Waals surface area contributed by atoms with Gasteiger partial charge in [-0.05, 0) is 42.7 Å². The Kier molecular flexibility index (Phi) is 6.00. The lowest BCUT2D eigenvalue weighted by molar-refractivity contribution is 0.210. The molecule has 0 atom stereocenters. The van der Waals surface area contributed by atoms with Crippen LogP contribution in [0.25, 0.3) is 11.1 Å². The predicted molar refractivity (Wildman–Crippen MR) is 115 cm³/mol. The Labute approximate surface area is 171 Å². The molecule has 152 valence electrons. The Morgan fingerprint density at radius 1 is 1.21 bits per heavy atom. The van der Waals surface area contributed by atoms with Crippen LogP contribution in [0.1, 0.15) is 18.4 Å². The summed E-state index contributed by atoms with van der Waals surface area (Å²) in [6.07, 6.45) is 3.84. The summed E-state index contributed by atoms with van der Waals surface area (Å²) in [5.74, 6) is 1.51. The number of nitrogens with one attached hydrogen (secondary N) is 1. The minimum absolute atomic E-state index is 0.377. The van der Waals surface area contributed by atoms with Crippen LogP contribution in [-0.4, -0.2) is 42.7 Å². The highest BCUT2D eigenvalue weighted by Gasteiger charge is 2.21. The molecule has 0 aliphatic carbocycles. The van der Waals surface area contributed by atoms with E-state index < -0.39 is 0 Å². The average molecular weight is 393 g/mol. The average Bonchev–Trinajstić information content (AvgIpc) is 3.16. The van der Waals surface area contributed by atoms with E-state index >= 15 is 0 Å². The normalized spacial score (nSPS) is 15.3. The monoisotopic (exact) mass is 393 g/mol. The number of para-hydroxylation sites is 2. The summed E-state index contributed by atoms with van der Waals surface area (Å²) in [5, 5.41) is 3.45. The largest absolute Gasteiger partial charge is 0.493 e. The third-order valence-electron chi connectivity index (χ3n) is 5.20. The van der Waals surface area contributed by atoms with Crippen molar-refractivity contribution < 1.29 is 13.9 Å². The number of rotatable bonds is 8. The molecule has 1 fully saturated rings. The number of piperidine rings is 1. The summed E-state index contributed by atoms with van der Waals surface area (Å²) in [7, 11) is 1.66. The Bertz CT molecular complexity index is 928. The molecule has 1 aliphatic heterocycles. The molecule has 1 aliphatic rings. The molecule has 1 saturated heterocycles. The van der Waals surface area contributed by atoms with E-state index in [1.165, 1.54) is 5.56 Å². The summed E-state index contributed by atoms with van der Waals surface area (Å²) in [6.45, 7) is 7.10. The fourth-order valence-electron chi connectivity index (χ4n) is 3.68. The number of nitrogens with zero attached hydrogens (tertiary/aromatic N) is 2. The predicted octanol–water partition coefficient (Wildman–Crippen LogP) is 4.48. The van der Waals surface area contributed by atoms with Crippen molar-refractivity contribution in [1.29, 1.82) is 0 Å². The second kappa shape index (κ2) is 9.01. The number of benzene rings is 2. The highest BCUT2D eigenvalue weighted by atomic mass is 16.5. The van der Waals surface area contributed by atoms with Crippen molar-refractivity contribution >= 4 is 17.1 Å². The zero-order valence-electron chi connectivity index (χ0n) is 16.8. The molecule has 1 N–H and O–H groups in total. The molecule has 4 rings (SSSR count). The van der Waals surface area contributed by atoms with E-state index in [9.17, 15) is 0 Å². The lowest BCUT2D eigenvalue weighted by Gasteiger charge is -2.32. The summed E-state index contributed by atoms with van der Waals surface area (Å²) in [6, 6.07) is 15.0. The number of oxazole rings is 1. The molecule has 2 aromatic carbocycles. The van der Waals surface area contributed by atoms with E-state index in [1.807, 2.05) is 30.3 Å². The highest BCUT2D eigenvalue weighted by Crippen LogP contribution is 2.29. The van der Waals surface area contributed by atoms with Crippen LogP contribution in [0.4, 0.5) is 6.01 Å². The molecule has 29 heavy (non-hydrogen) atoms. The van der Waals surface area contributed by atoms with E-state index in [4.69, 9.17) is 13.9 Å². The van der Waals surface area contributed by atoms with Gasteiger partial charge in [0.05, 0.1) is 7.11 Å². The summed E-state index contributed by atoms with van der Waals surface area (Å²) in [5.41, 5.74) is 2.93. The molecule has 0 spiro atoms. The second-order valence-electron chi connectivity index (χ2n) is 7.27. The minimum atomic E-state index is 0.377. The van der Waals surface area contributed by atoms with E-state index in [0.29, 0.717) is 18.7 Å². The SMILES string of the molecule is C=CCOc1cc(CN2CCC(Nc3nc4ccccc4o3)CC2)ccc1OC. The number of anilines is 1. The lowest BCUT2D eigenvalue weighted by atomic mass is 10.0. The first-order valence-corrected chi connectivity index (χ1v) is 10.00. The number of aromatic nitrogens is 1. The number of ether oxygens (including phenoxy) is 2. The number of fused-ring (bicyclic) bond motifs is 1. The smallest absolute Gasteiger partial charge is 0.295 e. The Morgan fingerprint density at radius 3 is 2.79 bits per heavy atom. The molecule has 6 heteroatoms. The number of likely N-dealkylation sites (tertiary alicyclic amines) is 1. The van der Waals surface area contributed by atoms with Crippen LogP contribution in [-0.2, 0) is 6.54 Å². The molecule has 3 aromatic rings. The van der Waals surface area contributed by atoms with Gasteiger partial charge in [0.25, 0.3) is 6.01 Å². The van der Waals surface area contributed by atoms with Gasteiger partial charge in [0.2, 0.25) is 0 Å². The van der Waals surface area contributed by atoms with Crippen molar-refractivity contribution in [3.8, 4) is 11.5 Å². The molecule has 0 radical (unpaired) electrons. The van der Waals surface area contributed by atoms with E-state index in [1.54, 1.807) is 13.2 Å². The standard InChI is InChI=1S/C23H27N3O3/c1-3-14-28-22-15-17(8-9-21(22)27-2)16-26-12-10-18(11-13-26)24-23-25-19-6-4-5-7-20(19)29-23/h3-9,15,18H,1,10-14,16H2,2H3,(H,24,25). The molecular formula is C23H27N3O3. The van der Waals surface area contributed by atoms with E-state index in [2.05, 4.69) is 33.9 Å². The van der Waals surface area contributed by atoms with Crippen LogP contribution >= 0.6 is 0 Å². The molecule has 0 amide bonds. The van der Waals surface area contributed by atoms with Crippen LogP contribution in [0.15, 0.2) is 59.5 Å². The van der Waals surface area contributed by atoms with E-state index in [-0.39, 0.29) is 0 Å². The van der Waals surface area contributed by atoms with Crippen molar-refractivity contribution in [1.82, 2.24) is 9.88 Å². The third kappa shape index (κ3) is 4.71. The number of methoxy groups -OCH3 is 1. The van der Waals surface area contributed by atoms with Gasteiger partial charge in [-0.25, -0.2) is 0 Å². The highest BCUT2D eigenvalue weighted by molar-refractivity contribution is 5.74. The first kappa shape index (κ1) is 19.3. The first-order valence-electron chi connectivity index (χ1n) is 10.00. The van der Waals surface area contributed by atoms with Gasteiger partial charge >= 0.3 is 0 Å². The topological polar surface area (TPSA) is 59.8 Å². The molecule has 0 unspecified atom stereocenters. The maximum atomic E-state index is 5.79. The van der Waals surface area contributed by atoms with Crippen LogP contribution < -0.4 is 14.8 Å². The number of hydrogen-bond acceptors (Lipinski definition) is 6. The Balaban J connectivity index is 1.32. The van der Waals surface area contributed by atoms with Gasteiger partial charge in [-0.1, -0.05) is 30.9 Å². The first-order chi connectivity index (χ1) is 14.2. The van der Waals surface area contributed by atoms with Gasteiger partial charge in [-0.3, -0.25) is 4.90 Å². The van der Waals surface area contributed by atoms with E-state index in [0.717, 1.165) is 55.1 Å². The summed E-state index contributed by atoms with van der Waals surface area (Å²) >= 11 is 0. The van der Waals surface area contributed by atoms with Gasteiger partial charge in [-0.15, -0.1) is 0 Å². The molecule has 0 saturated carbocycles. The van der Waals surface area contributed by atoms with Crippen LogP contribution in [0, 0.1) is 0 Å². The molecular weight excluding hydrogens is 366 g/mol. The summed E-state index contributed by atoms with van der Waals surface area (Å²) < 4.78 is 16.9. The third-order valence-corrected chi connectivity index (χ3v) is 5.20. The van der Waals surface area contributed by atoms with Crippen LogP contribution in [0.2, 0.25) is 0 Å². The van der Waals surface area contributed by atoms with Crippen LogP contribution in [0.5, 0.6) is 11.5 Å². The van der Waals surface area contributed by atoms with Gasteiger partial charge in [0, 0.05) is 25.7 Å². The maximum absolute atomic E-state index is 5.79. The fraction of sp³-hybridized carbons (Fsp3) is 0.348. The molecule has 2 heterocycles. The quantitative estimate of drug-likeness (QED) is 0.570. The van der Waals surface area contributed by atoms with Crippen molar-refractivity contribution in [3.05, 3.63) is 60.7 Å². The minimum Gasteiger partial charge on any atom is -0.493 e. The van der Waals surface area contributed by atoms with Gasteiger partial charge in [0.1, 0.15) is 12.1 Å². The summed E-state index contributed by atoms with van der Waals surface area (Å²) in [4.78, 5) is 6.98. The molecule has 1 aromatic heterocycles.